The molecule has 1 aromatic carbocycles. The highest BCUT2D eigenvalue weighted by atomic mass is 32.1. The van der Waals surface area contributed by atoms with Crippen LogP contribution in [0.2, 0.25) is 0 Å². The van der Waals surface area contributed by atoms with E-state index >= 15 is 4.39 Å². The van der Waals surface area contributed by atoms with Crippen molar-refractivity contribution in [3.8, 4) is 21.7 Å². The number of hydrogen-bond donors (Lipinski definition) is 3. The minimum absolute atomic E-state index is 0.113. The van der Waals surface area contributed by atoms with E-state index in [2.05, 4.69) is 35.9 Å². The number of carbonyl (C=O) groups excluding carboxylic acids is 1. The Labute approximate surface area is 250 Å². The monoisotopic (exact) mass is 608 g/mol. The first-order chi connectivity index (χ1) is 20.5. The lowest BCUT2D eigenvalue weighted by Crippen LogP contribution is -2.34. The predicted octanol–water partition coefficient (Wildman–Crippen LogP) is 5.48. The number of aromatic nitrogens is 6. The van der Waals surface area contributed by atoms with Crippen molar-refractivity contribution in [1.82, 2.24) is 35.3 Å². The second-order valence-corrected chi connectivity index (χ2v) is 11.8. The third-order valence-corrected chi connectivity index (χ3v) is 7.57. The summed E-state index contributed by atoms with van der Waals surface area (Å²) in [6, 6.07) is 8.15. The molecule has 0 saturated carbocycles. The molecular weight excluding hydrogens is 578 g/mol. The number of alkyl carbamates (subject to hydrolysis) is 1. The molecule has 0 aliphatic heterocycles. The van der Waals surface area contributed by atoms with Crippen LogP contribution in [0, 0.1) is 11.8 Å². The second kappa shape index (κ2) is 12.4. The summed E-state index contributed by atoms with van der Waals surface area (Å²) in [7, 11) is 0. The van der Waals surface area contributed by atoms with Gasteiger partial charge < -0.3 is 20.5 Å². The van der Waals surface area contributed by atoms with Crippen LogP contribution in [0.1, 0.15) is 45.0 Å². The van der Waals surface area contributed by atoms with Crippen molar-refractivity contribution >= 4 is 33.5 Å². The largest absolute Gasteiger partial charge is 0.444 e. The van der Waals surface area contributed by atoms with Gasteiger partial charge in [-0.3, -0.25) is 0 Å². The molecule has 0 spiro atoms. The summed E-state index contributed by atoms with van der Waals surface area (Å²) in [5.74, 6) is -1.05. The number of amides is 1. The van der Waals surface area contributed by atoms with Crippen LogP contribution in [0.15, 0.2) is 48.9 Å². The topological polar surface area (TPSA) is 140 Å². The molecule has 0 bridgehead atoms. The molecule has 0 fully saturated rings. The van der Waals surface area contributed by atoms with E-state index in [0.717, 1.165) is 16.3 Å². The number of nitrogens with one attached hydrogen (secondary N) is 2. The number of ether oxygens (including phenoxy) is 1. The van der Waals surface area contributed by atoms with Crippen molar-refractivity contribution in [2.24, 2.45) is 0 Å². The van der Waals surface area contributed by atoms with Crippen LogP contribution >= 0.6 is 11.3 Å². The van der Waals surface area contributed by atoms with Crippen LogP contribution in [0.4, 0.5) is 19.5 Å². The van der Waals surface area contributed by atoms with Crippen LogP contribution in [0.25, 0.3) is 31.8 Å². The van der Waals surface area contributed by atoms with E-state index in [4.69, 9.17) is 4.74 Å². The summed E-state index contributed by atoms with van der Waals surface area (Å²) in [5, 5.41) is 23.7. The molecule has 5 aromatic rings. The van der Waals surface area contributed by atoms with Crippen LogP contribution < -0.4 is 10.6 Å². The van der Waals surface area contributed by atoms with Gasteiger partial charge in [-0.1, -0.05) is 23.4 Å². The van der Waals surface area contributed by atoms with Crippen LogP contribution in [0.5, 0.6) is 0 Å². The Morgan fingerprint density at radius 2 is 1.95 bits per heavy atom. The lowest BCUT2D eigenvalue weighted by atomic mass is 9.96. The highest BCUT2D eigenvalue weighted by molar-refractivity contribution is 7.22. The van der Waals surface area contributed by atoms with Crippen molar-refractivity contribution in [2.45, 2.75) is 52.5 Å². The maximum Gasteiger partial charge on any atom is 0.408 e. The number of aliphatic hydroxyl groups excluding tert-OH is 1. The molecule has 0 saturated heterocycles. The number of hydrogen-bond acceptors (Lipinski definition) is 10. The van der Waals surface area contributed by atoms with Gasteiger partial charge in [0, 0.05) is 34.6 Å². The Kier molecular flexibility index (Phi) is 8.59. The average Bonchev–Trinajstić information content (AvgIpc) is 3.59. The van der Waals surface area contributed by atoms with Gasteiger partial charge in [0.1, 0.15) is 11.3 Å². The molecule has 1 amide bonds. The van der Waals surface area contributed by atoms with Gasteiger partial charge in [-0.05, 0) is 44.7 Å². The van der Waals surface area contributed by atoms with E-state index in [9.17, 15) is 14.3 Å². The van der Waals surface area contributed by atoms with Crippen molar-refractivity contribution < 1.29 is 23.4 Å². The predicted molar refractivity (Wildman–Crippen MR) is 158 cm³/mol. The smallest absolute Gasteiger partial charge is 0.408 e. The van der Waals surface area contributed by atoms with Gasteiger partial charge in [0.25, 0.3) is 0 Å². The molecule has 224 valence electrons. The van der Waals surface area contributed by atoms with Crippen molar-refractivity contribution in [1.29, 1.82) is 0 Å². The second-order valence-electron chi connectivity index (χ2n) is 10.7. The number of thiophene rings is 1. The molecular formula is C29H30F2N8O3S. The van der Waals surface area contributed by atoms with E-state index in [1.807, 2.05) is 24.3 Å². The molecule has 0 radical (unpaired) electrons. The molecule has 0 aliphatic carbocycles. The third-order valence-electron chi connectivity index (χ3n) is 6.38. The van der Waals surface area contributed by atoms with Gasteiger partial charge in [-0.15, -0.1) is 16.4 Å². The molecule has 0 aliphatic rings. The zero-order valence-corrected chi connectivity index (χ0v) is 24.7. The molecule has 3 N–H and O–H groups in total. The summed E-state index contributed by atoms with van der Waals surface area (Å²) in [4.78, 5) is 25.3. The summed E-state index contributed by atoms with van der Waals surface area (Å²) < 4.78 is 37.2. The molecule has 43 heavy (non-hydrogen) atoms. The normalized spacial score (nSPS) is 12.3. The van der Waals surface area contributed by atoms with Crippen molar-refractivity contribution in [3.63, 3.8) is 0 Å². The Hall–Kier alpha value is -4.56. The highest BCUT2D eigenvalue weighted by Gasteiger charge is 2.22. The highest BCUT2D eigenvalue weighted by Crippen LogP contribution is 2.41. The fourth-order valence-corrected chi connectivity index (χ4v) is 5.64. The lowest BCUT2D eigenvalue weighted by molar-refractivity contribution is 0.0508. The molecule has 4 aromatic heterocycles. The van der Waals surface area contributed by atoms with Crippen LogP contribution in [-0.2, 0) is 17.9 Å². The first-order valence-corrected chi connectivity index (χ1v) is 14.3. The number of fused-ring (bicyclic) bond motifs is 1. The summed E-state index contributed by atoms with van der Waals surface area (Å²) in [6.07, 6.45) is 3.37. The van der Waals surface area contributed by atoms with Crippen molar-refractivity contribution in [2.75, 3.05) is 11.9 Å². The fraction of sp³-hybridized carbons (Fsp3) is 0.310. The van der Waals surface area contributed by atoms with Gasteiger partial charge in [-0.2, -0.15) is 4.39 Å². The van der Waals surface area contributed by atoms with Gasteiger partial charge in [0.05, 0.1) is 42.2 Å². The number of pyridine rings is 1. The third kappa shape index (κ3) is 6.92. The minimum Gasteiger partial charge on any atom is -0.444 e. The number of rotatable bonds is 9. The number of carbonyl (C=O) groups is 1. The minimum atomic E-state index is -0.682. The SMILES string of the molecule is C[C@@H](NC(=O)OC(C)(C)C)c1cnc(F)cc1-c1cccc2cc(-c3nc(NCCn4nncc4CO)ncc3F)sc12. The lowest BCUT2D eigenvalue weighted by Gasteiger charge is -2.23. The maximum atomic E-state index is 15.0. The number of anilines is 1. The zero-order valence-electron chi connectivity index (χ0n) is 23.9. The summed E-state index contributed by atoms with van der Waals surface area (Å²) >= 11 is 1.31. The van der Waals surface area contributed by atoms with Gasteiger partial charge in [-0.25, -0.2) is 28.8 Å². The van der Waals surface area contributed by atoms with Gasteiger partial charge in [0.15, 0.2) is 5.82 Å². The molecule has 1 atom stereocenters. The zero-order chi connectivity index (χ0) is 30.7. The number of aliphatic hydroxyl groups is 1. The number of nitrogens with zero attached hydrogens (tertiary/aromatic N) is 6. The summed E-state index contributed by atoms with van der Waals surface area (Å²) in [5.41, 5.74) is 1.82. The van der Waals surface area contributed by atoms with E-state index in [0.29, 0.717) is 40.4 Å². The Bertz CT molecular complexity index is 1770. The summed E-state index contributed by atoms with van der Waals surface area (Å²) in [6.45, 7) is 7.63. The number of benzene rings is 1. The molecule has 14 heteroatoms. The molecule has 5 rings (SSSR count). The number of halogens is 2. The standard InChI is InChI=1S/C29H30F2N8O3S/c1-16(36-28(41)42-29(2,3)4)21-13-33-24(31)11-20(21)19-7-5-6-17-10-23(43-26(17)19)25-22(30)14-34-27(37-25)32-8-9-39-18(15-40)12-35-38-39/h5-7,10-14,16,40H,8-9,15H2,1-4H3,(H,36,41)(H,32,34,37)/t16-/m1/s1. The van der Waals surface area contributed by atoms with E-state index < -0.39 is 29.5 Å². The van der Waals surface area contributed by atoms with E-state index in [1.165, 1.54) is 29.8 Å². The van der Waals surface area contributed by atoms with Gasteiger partial charge >= 0.3 is 6.09 Å². The molecule has 4 heterocycles. The molecule has 11 nitrogen and oxygen atoms in total. The van der Waals surface area contributed by atoms with Crippen LogP contribution in [0.3, 0.4) is 0 Å². The van der Waals surface area contributed by atoms with Gasteiger partial charge in [0.2, 0.25) is 11.9 Å². The maximum absolute atomic E-state index is 15.0. The van der Waals surface area contributed by atoms with Crippen molar-refractivity contribution in [3.05, 3.63) is 71.9 Å². The van der Waals surface area contributed by atoms with E-state index in [1.54, 1.807) is 32.4 Å². The Balaban J connectivity index is 1.44. The quantitative estimate of drug-likeness (QED) is 0.186. The molecule has 0 unspecified atom stereocenters. The average molecular weight is 609 g/mol. The first kappa shape index (κ1) is 29.9. The van der Waals surface area contributed by atoms with E-state index in [-0.39, 0.29) is 18.2 Å². The Morgan fingerprint density at radius 3 is 2.72 bits per heavy atom. The Morgan fingerprint density at radius 1 is 1.14 bits per heavy atom. The van der Waals surface area contributed by atoms with Crippen LogP contribution in [-0.4, -0.2) is 53.3 Å². The fourth-order valence-electron chi connectivity index (χ4n) is 4.46. The first-order valence-electron chi connectivity index (χ1n) is 13.5.